The van der Waals surface area contributed by atoms with Gasteiger partial charge in [0.05, 0.1) is 32.5 Å². The van der Waals surface area contributed by atoms with Gasteiger partial charge in [-0.15, -0.1) is 0 Å². The SMILES string of the molecule is CC(C)C[C@H](NC(=O)[C@H](CO)NC(=O)[C@H](CC(C)C)NC(=O)[C@H](CO)NC(=O)[C@H](CC(C)C)NC(=O)[C@H](CO)NC(=O)[C@H](CCCCN)NC(=O)[C@H](CCC(N)=O)NC(=O)[C@@H](N)[C@@H](C)O)C(=O)NCC(=O)N[C@@H](CCCCN)C(=O)O. The first-order valence-electron chi connectivity index (χ1n) is 27.1. The Morgan fingerprint density at radius 1 is 0.407 bits per heavy atom. The first-order chi connectivity index (χ1) is 38.0. The molecule has 0 fully saturated rings. The van der Waals surface area contributed by atoms with Crippen LogP contribution >= 0.6 is 0 Å². The zero-order chi connectivity index (χ0) is 62.1. The van der Waals surface area contributed by atoms with Gasteiger partial charge >= 0.3 is 5.97 Å². The number of aliphatic carboxylic acids is 1. The average molecular weight is 1160 g/mol. The van der Waals surface area contributed by atoms with Crippen LogP contribution in [-0.4, -0.2) is 202 Å². The lowest BCUT2D eigenvalue weighted by atomic mass is 10.0. The van der Waals surface area contributed by atoms with Crippen LogP contribution in [0.2, 0.25) is 0 Å². The van der Waals surface area contributed by atoms with Gasteiger partial charge in [0.25, 0.3) is 0 Å². The summed E-state index contributed by atoms with van der Waals surface area (Å²) in [6, 6.07) is -15.1. The molecule has 0 aliphatic carbocycles. The van der Waals surface area contributed by atoms with Gasteiger partial charge in [-0.3, -0.25) is 52.7 Å². The molecule has 31 heteroatoms. The maximum Gasteiger partial charge on any atom is 0.326 e. The Labute approximate surface area is 471 Å². The van der Waals surface area contributed by atoms with Crippen LogP contribution in [0, 0.1) is 17.8 Å². The second-order valence-corrected chi connectivity index (χ2v) is 20.9. The van der Waals surface area contributed by atoms with Crippen molar-refractivity contribution in [3.63, 3.8) is 0 Å². The van der Waals surface area contributed by atoms with Gasteiger partial charge in [-0.05, 0) is 102 Å². The molecule has 11 atom stereocenters. The fraction of sp³-hybridized carbons (Fsp3) is 0.760. The number of aliphatic hydroxyl groups excluding tert-OH is 4. The fourth-order valence-corrected chi connectivity index (χ4v) is 7.69. The zero-order valence-corrected chi connectivity index (χ0v) is 47.5. The highest BCUT2D eigenvalue weighted by atomic mass is 16.4. The molecule has 0 saturated carbocycles. The van der Waals surface area contributed by atoms with Crippen LogP contribution in [0.4, 0.5) is 0 Å². The second-order valence-electron chi connectivity index (χ2n) is 20.9. The lowest BCUT2D eigenvalue weighted by Crippen LogP contribution is -2.62. The van der Waals surface area contributed by atoms with Crippen LogP contribution in [0.1, 0.15) is 119 Å². The zero-order valence-electron chi connectivity index (χ0n) is 47.5. The summed E-state index contributed by atoms with van der Waals surface area (Å²) in [5.41, 5.74) is 22.1. The Bertz CT molecular complexity index is 2070. The molecule has 31 nitrogen and oxygen atoms in total. The number of carboxylic acid groups (broad SMARTS) is 1. The maximum atomic E-state index is 13.8. The highest BCUT2D eigenvalue weighted by molar-refractivity contribution is 5.99. The number of carbonyl (C=O) groups is 12. The molecule has 81 heavy (non-hydrogen) atoms. The lowest BCUT2D eigenvalue weighted by Gasteiger charge is -2.28. The largest absolute Gasteiger partial charge is 0.480 e. The number of nitrogens with one attached hydrogen (secondary N) is 10. The summed E-state index contributed by atoms with van der Waals surface area (Å²) in [4.78, 5) is 157. The number of carboxylic acids is 1. The van der Waals surface area contributed by atoms with Crippen LogP contribution in [0.3, 0.4) is 0 Å². The van der Waals surface area contributed by atoms with Crippen LogP contribution in [0.5, 0.6) is 0 Å². The number of hydrogen-bond donors (Lipinski definition) is 19. The molecule has 0 aliphatic rings. The summed E-state index contributed by atoms with van der Waals surface area (Å²) < 4.78 is 0. The smallest absolute Gasteiger partial charge is 0.326 e. The van der Waals surface area contributed by atoms with Crippen LogP contribution in [0.25, 0.3) is 0 Å². The predicted molar refractivity (Wildman–Crippen MR) is 292 cm³/mol. The molecule has 0 aromatic carbocycles. The molecule has 0 aromatic rings. The molecule has 0 aliphatic heterocycles. The van der Waals surface area contributed by atoms with Crippen molar-refractivity contribution < 1.29 is 83.1 Å². The van der Waals surface area contributed by atoms with E-state index in [0.717, 1.165) is 0 Å². The van der Waals surface area contributed by atoms with E-state index in [-0.39, 0.29) is 75.7 Å². The topological polar surface area (TPSA) is 530 Å². The van der Waals surface area contributed by atoms with Crippen LogP contribution in [0.15, 0.2) is 0 Å². The lowest BCUT2D eigenvalue weighted by molar-refractivity contribution is -0.142. The molecule has 0 spiro atoms. The molecule has 0 saturated heterocycles. The molecule has 23 N–H and O–H groups in total. The molecular weight excluding hydrogens is 1070 g/mol. The maximum absolute atomic E-state index is 13.8. The highest BCUT2D eigenvalue weighted by Gasteiger charge is 2.36. The van der Waals surface area contributed by atoms with Crippen molar-refractivity contribution in [2.75, 3.05) is 39.5 Å². The van der Waals surface area contributed by atoms with Crippen molar-refractivity contribution in [1.29, 1.82) is 0 Å². The molecule has 0 heterocycles. The van der Waals surface area contributed by atoms with Crippen molar-refractivity contribution in [3.05, 3.63) is 0 Å². The molecule has 0 unspecified atom stereocenters. The van der Waals surface area contributed by atoms with E-state index in [4.69, 9.17) is 22.9 Å². The molecule has 464 valence electrons. The number of primary amides is 1. The van der Waals surface area contributed by atoms with Gasteiger partial charge in [-0.1, -0.05) is 41.5 Å². The number of aliphatic hydroxyl groups is 4. The first-order valence-corrected chi connectivity index (χ1v) is 27.1. The Morgan fingerprint density at radius 2 is 0.716 bits per heavy atom. The summed E-state index contributed by atoms with van der Waals surface area (Å²) in [5, 5.41) is 73.8. The molecular formula is C50H92N14O17. The van der Waals surface area contributed by atoms with Gasteiger partial charge in [0.1, 0.15) is 60.4 Å². The summed E-state index contributed by atoms with van der Waals surface area (Å²) in [5.74, 6) is -12.8. The number of rotatable bonds is 42. The third-order valence-corrected chi connectivity index (χ3v) is 12.2. The van der Waals surface area contributed by atoms with Crippen LogP contribution in [-0.2, 0) is 57.5 Å². The number of nitrogens with two attached hydrogens (primary N) is 4. The average Bonchev–Trinajstić information content (AvgIpc) is 3.38. The minimum atomic E-state index is -1.77. The highest BCUT2D eigenvalue weighted by Crippen LogP contribution is 2.11. The summed E-state index contributed by atoms with van der Waals surface area (Å²) in [6.07, 6.45) is -0.561. The van der Waals surface area contributed by atoms with E-state index in [1.54, 1.807) is 41.5 Å². The minimum Gasteiger partial charge on any atom is -0.480 e. The minimum absolute atomic E-state index is 0.0252. The van der Waals surface area contributed by atoms with E-state index < -0.39 is 164 Å². The Hall–Kier alpha value is -6.64. The fourth-order valence-electron chi connectivity index (χ4n) is 7.69. The quantitative estimate of drug-likeness (QED) is 0.0253. The van der Waals surface area contributed by atoms with Gasteiger partial charge in [-0.2, -0.15) is 0 Å². The van der Waals surface area contributed by atoms with Crippen molar-refractivity contribution in [3.8, 4) is 0 Å². The normalized spacial score (nSPS) is 15.4. The summed E-state index contributed by atoms with van der Waals surface area (Å²) in [7, 11) is 0. The van der Waals surface area contributed by atoms with Gasteiger partial charge in [0.2, 0.25) is 65.0 Å². The van der Waals surface area contributed by atoms with Crippen molar-refractivity contribution >= 4 is 70.9 Å². The van der Waals surface area contributed by atoms with Crippen molar-refractivity contribution in [2.24, 2.45) is 40.7 Å². The van der Waals surface area contributed by atoms with Crippen molar-refractivity contribution in [2.45, 2.75) is 186 Å². The third kappa shape index (κ3) is 30.1. The number of hydrogen-bond acceptors (Lipinski definition) is 19. The standard InChI is InChI=1S/C50H92N14O17/c1-25(2)18-32(41(71)55-21-39(70)56-31(50(80)81)13-9-11-17-52)59-46(76)36(23-66)63-44(74)34(20-27(5)6)61-48(78)37(24-67)64-45(75)33(19-26(3)4)60-47(77)35(22-65)62-42(72)29(12-8-10-16-51)57-43(73)30(14-15-38(53)69)58-49(79)40(54)28(7)68/h25-37,40,65-68H,8-24,51-52,54H2,1-7H3,(H2,53,69)(H,55,71)(H,56,70)(H,57,73)(H,58,79)(H,59,76)(H,60,77)(H,61,78)(H,62,72)(H,63,74)(H,64,75)(H,80,81)/t28-,29+,30+,31+,32+,33+,34+,35+,36+,37+,40+/m1/s1. The molecule has 0 rings (SSSR count). The van der Waals surface area contributed by atoms with Crippen molar-refractivity contribution in [1.82, 2.24) is 53.2 Å². The van der Waals surface area contributed by atoms with E-state index in [1.165, 1.54) is 6.92 Å². The number of unbranched alkanes of at least 4 members (excludes halogenated alkanes) is 2. The Morgan fingerprint density at radius 3 is 1.05 bits per heavy atom. The Kier molecular flexibility index (Phi) is 36.4. The molecule has 11 amide bonds. The van der Waals surface area contributed by atoms with Gasteiger partial charge in [-0.25, -0.2) is 4.79 Å². The van der Waals surface area contributed by atoms with E-state index >= 15 is 0 Å². The molecule has 0 radical (unpaired) electrons. The molecule has 0 aromatic heterocycles. The number of amides is 11. The van der Waals surface area contributed by atoms with Gasteiger partial charge in [0.15, 0.2) is 0 Å². The van der Waals surface area contributed by atoms with E-state index in [1.807, 2.05) is 0 Å². The van der Waals surface area contributed by atoms with Gasteiger partial charge in [0, 0.05) is 6.42 Å². The Balaban J connectivity index is 6.28. The van der Waals surface area contributed by atoms with Gasteiger partial charge < -0.3 is 102 Å². The summed E-state index contributed by atoms with van der Waals surface area (Å²) in [6.45, 7) is 8.26. The molecule has 0 bridgehead atoms. The third-order valence-electron chi connectivity index (χ3n) is 12.2. The van der Waals surface area contributed by atoms with E-state index in [2.05, 4.69) is 53.2 Å². The monoisotopic (exact) mass is 1160 g/mol. The van der Waals surface area contributed by atoms with E-state index in [0.29, 0.717) is 25.8 Å². The summed E-state index contributed by atoms with van der Waals surface area (Å²) >= 11 is 0. The first kappa shape index (κ1) is 74.4. The van der Waals surface area contributed by atoms with E-state index in [9.17, 15) is 83.1 Å². The second kappa shape index (κ2) is 39.7. The predicted octanol–water partition coefficient (Wildman–Crippen LogP) is -7.10. The number of carbonyl (C=O) groups excluding carboxylic acids is 11. The van der Waals surface area contributed by atoms with Crippen LogP contribution < -0.4 is 76.1 Å².